The molecule has 9 heteroatoms. The topological polar surface area (TPSA) is 97.9 Å². The van der Waals surface area contributed by atoms with E-state index in [0.29, 0.717) is 34.8 Å². The Balaban J connectivity index is 1.31. The van der Waals surface area contributed by atoms with Crippen LogP contribution in [0.25, 0.3) is 11.5 Å². The first kappa shape index (κ1) is 19.4. The van der Waals surface area contributed by atoms with Crippen LogP contribution in [0.15, 0.2) is 84.6 Å². The first-order chi connectivity index (χ1) is 15.2. The first-order valence-electron chi connectivity index (χ1n) is 9.68. The fourth-order valence-corrected chi connectivity index (χ4v) is 4.03. The predicted molar refractivity (Wildman–Crippen MR) is 113 cm³/mol. The second-order valence-corrected chi connectivity index (χ2v) is 7.90. The second-order valence-electron chi connectivity index (χ2n) is 6.97. The quantitative estimate of drug-likeness (QED) is 0.406. The van der Waals surface area contributed by atoms with Gasteiger partial charge in [-0.1, -0.05) is 30.0 Å². The van der Waals surface area contributed by atoms with E-state index in [1.54, 1.807) is 24.7 Å². The Labute approximate surface area is 181 Å². The van der Waals surface area contributed by atoms with Crippen LogP contribution >= 0.6 is 11.8 Å². The average Bonchev–Trinajstić information content (AvgIpc) is 3.57. The van der Waals surface area contributed by atoms with E-state index in [4.69, 9.17) is 13.3 Å². The molecule has 0 saturated heterocycles. The Bertz CT molecular complexity index is 1210. The summed E-state index contributed by atoms with van der Waals surface area (Å²) in [6, 6.07) is 14.7. The molecule has 1 aromatic carbocycles. The van der Waals surface area contributed by atoms with E-state index in [1.807, 2.05) is 43.3 Å². The number of furan rings is 2. The SMILES string of the molecule is Cc1ccccc1-c1nnc(SCC(=O)N2N=C(c3ccco3)CC2c2ccco2)o1. The molecule has 31 heavy (non-hydrogen) atoms. The van der Waals surface area contributed by atoms with Crippen molar-refractivity contribution >= 4 is 23.4 Å². The largest absolute Gasteiger partial charge is 0.467 e. The number of nitrogens with zero attached hydrogens (tertiary/aromatic N) is 4. The minimum absolute atomic E-state index is 0.0988. The standard InChI is InChI=1S/C22H18N4O4S/c1-14-6-2-3-7-15(14)21-23-24-22(30-21)31-13-20(27)26-17(19-9-5-11-29-19)12-16(25-26)18-8-4-10-28-18/h2-11,17H,12-13H2,1H3. The summed E-state index contributed by atoms with van der Waals surface area (Å²) in [5.74, 6) is 1.65. The van der Waals surface area contributed by atoms with E-state index in [0.717, 1.165) is 11.1 Å². The number of aromatic nitrogens is 2. The van der Waals surface area contributed by atoms with E-state index in [9.17, 15) is 4.79 Å². The highest BCUT2D eigenvalue weighted by Crippen LogP contribution is 2.34. The molecule has 0 bridgehead atoms. The van der Waals surface area contributed by atoms with E-state index in [-0.39, 0.29) is 17.7 Å². The van der Waals surface area contributed by atoms with Gasteiger partial charge in [0.25, 0.3) is 11.1 Å². The summed E-state index contributed by atoms with van der Waals surface area (Å²) in [5, 5.41) is 14.5. The summed E-state index contributed by atoms with van der Waals surface area (Å²) in [6.07, 6.45) is 3.68. The molecular weight excluding hydrogens is 416 g/mol. The molecule has 0 saturated carbocycles. The minimum atomic E-state index is -0.326. The second kappa shape index (κ2) is 8.27. The molecule has 0 spiro atoms. The van der Waals surface area contributed by atoms with Crippen LogP contribution in [0.4, 0.5) is 0 Å². The zero-order valence-corrected chi connectivity index (χ0v) is 17.4. The molecule has 8 nitrogen and oxygen atoms in total. The number of hydrogen-bond acceptors (Lipinski definition) is 8. The van der Waals surface area contributed by atoms with Crippen LogP contribution in [-0.2, 0) is 4.79 Å². The number of amides is 1. The Morgan fingerprint density at radius 1 is 1.10 bits per heavy atom. The van der Waals surface area contributed by atoms with Crippen LogP contribution in [0.2, 0.25) is 0 Å². The first-order valence-corrected chi connectivity index (χ1v) is 10.7. The van der Waals surface area contributed by atoms with Gasteiger partial charge >= 0.3 is 0 Å². The molecule has 0 radical (unpaired) electrons. The van der Waals surface area contributed by atoms with Crippen molar-refractivity contribution in [2.24, 2.45) is 5.10 Å². The number of benzene rings is 1. The Morgan fingerprint density at radius 2 is 1.94 bits per heavy atom. The molecule has 4 heterocycles. The highest BCUT2D eigenvalue weighted by Gasteiger charge is 2.35. The number of hydrogen-bond donors (Lipinski definition) is 0. The molecule has 1 aliphatic heterocycles. The molecule has 4 aromatic rings. The number of aryl methyl sites for hydroxylation is 1. The van der Waals surface area contributed by atoms with Crippen molar-refractivity contribution in [3.8, 4) is 11.5 Å². The van der Waals surface area contributed by atoms with Gasteiger partial charge in [0.2, 0.25) is 5.89 Å². The van der Waals surface area contributed by atoms with E-state index in [2.05, 4.69) is 15.3 Å². The van der Waals surface area contributed by atoms with Gasteiger partial charge < -0.3 is 13.3 Å². The van der Waals surface area contributed by atoms with Gasteiger partial charge in [-0.2, -0.15) is 5.10 Å². The van der Waals surface area contributed by atoms with Crippen molar-refractivity contribution in [1.82, 2.24) is 15.2 Å². The lowest BCUT2D eigenvalue weighted by atomic mass is 10.1. The third kappa shape index (κ3) is 3.91. The normalized spacial score (nSPS) is 16.0. The number of rotatable bonds is 6. The van der Waals surface area contributed by atoms with Crippen molar-refractivity contribution in [1.29, 1.82) is 0 Å². The average molecular weight is 434 g/mol. The third-order valence-electron chi connectivity index (χ3n) is 4.94. The summed E-state index contributed by atoms with van der Waals surface area (Å²) in [4.78, 5) is 13.0. The summed E-state index contributed by atoms with van der Waals surface area (Å²) < 4.78 is 16.7. The Hall–Kier alpha value is -3.59. The molecule has 3 aromatic heterocycles. The lowest BCUT2D eigenvalue weighted by molar-refractivity contribution is -0.130. The molecule has 1 atom stereocenters. The van der Waals surface area contributed by atoms with E-state index in [1.165, 1.54) is 16.8 Å². The lowest BCUT2D eigenvalue weighted by Crippen LogP contribution is -2.28. The third-order valence-corrected chi connectivity index (χ3v) is 5.75. The zero-order chi connectivity index (χ0) is 21.2. The molecule has 0 N–H and O–H groups in total. The molecule has 5 rings (SSSR count). The maximum Gasteiger partial charge on any atom is 0.277 e. The molecule has 1 unspecified atom stereocenters. The Kier molecular flexibility index (Phi) is 5.17. The monoisotopic (exact) mass is 434 g/mol. The van der Waals surface area contributed by atoms with Crippen molar-refractivity contribution in [3.05, 3.63) is 78.1 Å². The van der Waals surface area contributed by atoms with Crippen molar-refractivity contribution in [2.75, 3.05) is 5.75 Å². The minimum Gasteiger partial charge on any atom is -0.467 e. The molecule has 1 aliphatic rings. The van der Waals surface area contributed by atoms with E-state index < -0.39 is 0 Å². The smallest absolute Gasteiger partial charge is 0.277 e. The van der Waals surface area contributed by atoms with Crippen LogP contribution in [0, 0.1) is 6.92 Å². The van der Waals surface area contributed by atoms with Gasteiger partial charge in [-0.05, 0) is 42.8 Å². The summed E-state index contributed by atoms with van der Waals surface area (Å²) in [5.41, 5.74) is 2.61. The van der Waals surface area contributed by atoms with Gasteiger partial charge in [-0.15, -0.1) is 10.2 Å². The zero-order valence-electron chi connectivity index (χ0n) is 16.6. The Morgan fingerprint density at radius 3 is 2.71 bits per heavy atom. The van der Waals surface area contributed by atoms with Crippen LogP contribution in [0.3, 0.4) is 0 Å². The maximum atomic E-state index is 13.0. The van der Waals surface area contributed by atoms with Crippen LogP contribution in [0.1, 0.15) is 29.5 Å². The number of carbonyl (C=O) groups is 1. The van der Waals surface area contributed by atoms with Crippen molar-refractivity contribution < 1.29 is 18.0 Å². The molecule has 0 aliphatic carbocycles. The fourth-order valence-electron chi connectivity index (χ4n) is 3.41. The van der Waals surface area contributed by atoms with Gasteiger partial charge in [0.1, 0.15) is 23.3 Å². The van der Waals surface area contributed by atoms with Gasteiger partial charge in [0.05, 0.1) is 18.3 Å². The summed E-state index contributed by atoms with van der Waals surface area (Å²) >= 11 is 1.18. The van der Waals surface area contributed by atoms with Crippen LogP contribution < -0.4 is 0 Å². The fraction of sp³-hybridized carbons (Fsp3) is 0.182. The van der Waals surface area contributed by atoms with Crippen LogP contribution in [-0.4, -0.2) is 32.6 Å². The van der Waals surface area contributed by atoms with Gasteiger partial charge in [-0.3, -0.25) is 4.79 Å². The molecule has 0 fully saturated rings. The number of thioether (sulfide) groups is 1. The maximum absolute atomic E-state index is 13.0. The van der Waals surface area contributed by atoms with Gasteiger partial charge in [0.15, 0.2) is 0 Å². The highest BCUT2D eigenvalue weighted by molar-refractivity contribution is 7.99. The molecule has 156 valence electrons. The predicted octanol–water partition coefficient (Wildman–Crippen LogP) is 4.70. The van der Waals surface area contributed by atoms with Crippen LogP contribution in [0.5, 0.6) is 0 Å². The molecular formula is C22H18N4O4S. The van der Waals surface area contributed by atoms with Crippen molar-refractivity contribution in [3.63, 3.8) is 0 Å². The van der Waals surface area contributed by atoms with Crippen molar-refractivity contribution in [2.45, 2.75) is 24.6 Å². The number of carbonyl (C=O) groups excluding carboxylic acids is 1. The van der Waals surface area contributed by atoms with Gasteiger partial charge in [0, 0.05) is 12.0 Å². The lowest BCUT2D eigenvalue weighted by Gasteiger charge is -2.19. The highest BCUT2D eigenvalue weighted by atomic mass is 32.2. The van der Waals surface area contributed by atoms with Gasteiger partial charge in [-0.25, -0.2) is 5.01 Å². The summed E-state index contributed by atoms with van der Waals surface area (Å²) in [6.45, 7) is 1.98. The van der Waals surface area contributed by atoms with E-state index >= 15 is 0 Å². The number of hydrazone groups is 1. The molecule has 1 amide bonds. The summed E-state index contributed by atoms with van der Waals surface area (Å²) in [7, 11) is 0.